The molecule has 0 bridgehead atoms. The molecule has 116 valence electrons. The van der Waals surface area contributed by atoms with Crippen molar-refractivity contribution in [3.63, 3.8) is 0 Å². The molecule has 1 aliphatic rings. The Labute approximate surface area is 125 Å². The van der Waals surface area contributed by atoms with Crippen molar-refractivity contribution in [2.45, 2.75) is 18.4 Å². The Morgan fingerprint density at radius 1 is 1.33 bits per heavy atom. The topological polar surface area (TPSA) is 71.6 Å². The van der Waals surface area contributed by atoms with Gasteiger partial charge in [-0.05, 0) is 43.7 Å². The van der Waals surface area contributed by atoms with Crippen LogP contribution in [0, 0.1) is 0 Å². The van der Waals surface area contributed by atoms with Gasteiger partial charge in [0.2, 0.25) is 0 Å². The van der Waals surface area contributed by atoms with Crippen molar-refractivity contribution < 1.29 is 14.3 Å². The van der Waals surface area contributed by atoms with E-state index in [9.17, 15) is 4.79 Å². The number of hydrogen-bond donors (Lipinski definition) is 3. The average molecular weight is 293 g/mol. The summed E-state index contributed by atoms with van der Waals surface area (Å²) in [6.07, 6.45) is 2.11. The van der Waals surface area contributed by atoms with Gasteiger partial charge in [0, 0.05) is 19.3 Å². The second-order valence-electron chi connectivity index (χ2n) is 5.28. The fourth-order valence-corrected chi connectivity index (χ4v) is 2.57. The highest BCUT2D eigenvalue weighted by atomic mass is 16.5. The minimum absolute atomic E-state index is 0.147. The third-order valence-electron chi connectivity index (χ3n) is 3.69. The van der Waals surface area contributed by atoms with Gasteiger partial charge in [-0.15, -0.1) is 0 Å². The second kappa shape index (κ2) is 7.28. The summed E-state index contributed by atoms with van der Waals surface area (Å²) < 4.78 is 10.3. The molecule has 1 fully saturated rings. The molecule has 1 aromatic carbocycles. The van der Waals surface area contributed by atoms with Crippen LogP contribution >= 0.6 is 0 Å². The predicted octanol–water partition coefficient (Wildman–Crippen LogP) is 1.59. The van der Waals surface area contributed by atoms with Crippen molar-refractivity contribution >= 4 is 11.7 Å². The number of nitrogens with one attached hydrogen (secondary N) is 3. The van der Waals surface area contributed by atoms with E-state index in [0.717, 1.165) is 30.8 Å². The smallest absolute Gasteiger partial charge is 0.319 e. The summed E-state index contributed by atoms with van der Waals surface area (Å²) in [6.45, 7) is 2.10. The molecule has 0 aromatic heterocycles. The maximum atomic E-state index is 11.9. The van der Waals surface area contributed by atoms with Crippen LogP contribution < -0.4 is 20.7 Å². The molecule has 0 spiro atoms. The molecule has 2 rings (SSSR count). The van der Waals surface area contributed by atoms with Gasteiger partial charge in [0.15, 0.2) is 0 Å². The number of methoxy groups -OCH3 is 2. The highest BCUT2D eigenvalue weighted by molar-refractivity contribution is 5.89. The van der Waals surface area contributed by atoms with Crippen molar-refractivity contribution in [2.24, 2.45) is 0 Å². The van der Waals surface area contributed by atoms with Gasteiger partial charge in [-0.25, -0.2) is 4.79 Å². The second-order valence-corrected chi connectivity index (χ2v) is 5.28. The van der Waals surface area contributed by atoms with Crippen molar-refractivity contribution in [1.29, 1.82) is 0 Å². The van der Waals surface area contributed by atoms with Crippen LogP contribution in [-0.2, 0) is 4.74 Å². The first-order valence-corrected chi connectivity index (χ1v) is 7.10. The molecular formula is C15H23N3O3. The Hall–Kier alpha value is -1.79. The van der Waals surface area contributed by atoms with Gasteiger partial charge < -0.3 is 25.4 Å². The molecule has 6 nitrogen and oxygen atoms in total. The zero-order valence-electron chi connectivity index (χ0n) is 12.6. The minimum Gasteiger partial charge on any atom is -0.497 e. The van der Waals surface area contributed by atoms with Crippen LogP contribution in [0.3, 0.4) is 0 Å². The summed E-state index contributed by atoms with van der Waals surface area (Å²) in [5.74, 6) is 0.759. The van der Waals surface area contributed by atoms with E-state index < -0.39 is 0 Å². The summed E-state index contributed by atoms with van der Waals surface area (Å²) in [7, 11) is 3.29. The molecular weight excluding hydrogens is 270 g/mol. The molecule has 0 saturated carbocycles. The summed E-state index contributed by atoms with van der Waals surface area (Å²) in [5, 5.41) is 9.13. The molecule has 1 atom stereocenters. The molecule has 6 heteroatoms. The summed E-state index contributed by atoms with van der Waals surface area (Å²) in [4.78, 5) is 11.9. The molecule has 1 heterocycles. The van der Waals surface area contributed by atoms with E-state index in [1.165, 1.54) is 0 Å². The van der Waals surface area contributed by atoms with E-state index in [-0.39, 0.29) is 11.6 Å². The molecule has 0 radical (unpaired) electrons. The molecule has 2 amide bonds. The van der Waals surface area contributed by atoms with Gasteiger partial charge >= 0.3 is 6.03 Å². The van der Waals surface area contributed by atoms with Crippen LogP contribution in [-0.4, -0.2) is 45.5 Å². The van der Waals surface area contributed by atoms with E-state index in [0.29, 0.717) is 13.2 Å². The maximum absolute atomic E-state index is 11.9. The van der Waals surface area contributed by atoms with Gasteiger partial charge in [-0.1, -0.05) is 0 Å². The monoisotopic (exact) mass is 293 g/mol. The van der Waals surface area contributed by atoms with Crippen molar-refractivity contribution in [1.82, 2.24) is 10.6 Å². The first kappa shape index (κ1) is 15.6. The normalized spacial score (nSPS) is 21.0. The van der Waals surface area contributed by atoms with E-state index in [1.807, 2.05) is 0 Å². The Kier molecular flexibility index (Phi) is 5.41. The van der Waals surface area contributed by atoms with Gasteiger partial charge in [0.25, 0.3) is 0 Å². The van der Waals surface area contributed by atoms with Crippen LogP contribution in [0.2, 0.25) is 0 Å². The molecule has 1 aliphatic heterocycles. The summed E-state index contributed by atoms with van der Waals surface area (Å²) >= 11 is 0. The minimum atomic E-state index is -0.218. The molecule has 3 N–H and O–H groups in total. The summed E-state index contributed by atoms with van der Waals surface area (Å²) in [5.41, 5.74) is 0.583. The third kappa shape index (κ3) is 4.34. The van der Waals surface area contributed by atoms with Crippen molar-refractivity contribution in [3.05, 3.63) is 24.3 Å². The third-order valence-corrected chi connectivity index (χ3v) is 3.69. The maximum Gasteiger partial charge on any atom is 0.319 e. The fourth-order valence-electron chi connectivity index (χ4n) is 2.57. The number of anilines is 1. The Balaban J connectivity index is 1.83. The quantitative estimate of drug-likeness (QED) is 0.745. The van der Waals surface area contributed by atoms with Crippen LogP contribution in [0.1, 0.15) is 12.8 Å². The number of carbonyl (C=O) groups is 1. The SMILES string of the molecule is COCC1(CNC(=O)Nc2ccc(OC)cc2)CCCN1. The highest BCUT2D eigenvalue weighted by Crippen LogP contribution is 2.19. The van der Waals surface area contributed by atoms with Gasteiger partial charge in [-0.2, -0.15) is 0 Å². The van der Waals surface area contributed by atoms with E-state index in [1.54, 1.807) is 38.5 Å². The van der Waals surface area contributed by atoms with Gasteiger partial charge in [0.1, 0.15) is 5.75 Å². The molecule has 0 aliphatic carbocycles. The van der Waals surface area contributed by atoms with Gasteiger partial charge in [-0.3, -0.25) is 0 Å². The number of amides is 2. The van der Waals surface area contributed by atoms with E-state index in [4.69, 9.17) is 9.47 Å². The fraction of sp³-hybridized carbons (Fsp3) is 0.533. The zero-order chi connectivity index (χ0) is 15.1. The molecule has 21 heavy (non-hydrogen) atoms. The lowest BCUT2D eigenvalue weighted by Crippen LogP contribution is -2.53. The number of hydrogen-bond acceptors (Lipinski definition) is 4. The average Bonchev–Trinajstić information content (AvgIpc) is 2.95. The van der Waals surface area contributed by atoms with Crippen LogP contribution in [0.4, 0.5) is 10.5 Å². The van der Waals surface area contributed by atoms with E-state index >= 15 is 0 Å². The molecule has 1 aromatic rings. The van der Waals surface area contributed by atoms with Gasteiger partial charge in [0.05, 0.1) is 19.3 Å². The van der Waals surface area contributed by atoms with E-state index in [2.05, 4.69) is 16.0 Å². The number of benzene rings is 1. The van der Waals surface area contributed by atoms with Crippen LogP contribution in [0.15, 0.2) is 24.3 Å². The predicted molar refractivity (Wildman–Crippen MR) is 81.9 cm³/mol. The largest absolute Gasteiger partial charge is 0.497 e. The highest BCUT2D eigenvalue weighted by Gasteiger charge is 2.33. The standard InChI is InChI=1S/C15H23N3O3/c1-20-11-15(8-3-9-17-15)10-16-14(19)18-12-4-6-13(21-2)7-5-12/h4-7,17H,3,8-11H2,1-2H3,(H2,16,18,19). The van der Waals surface area contributed by atoms with Crippen molar-refractivity contribution in [3.8, 4) is 5.75 Å². The lowest BCUT2D eigenvalue weighted by atomic mass is 9.99. The first-order chi connectivity index (χ1) is 10.2. The number of rotatable bonds is 6. The number of ether oxygens (including phenoxy) is 2. The van der Waals surface area contributed by atoms with Crippen LogP contribution in [0.25, 0.3) is 0 Å². The molecule has 1 unspecified atom stereocenters. The number of carbonyl (C=O) groups excluding carboxylic acids is 1. The Morgan fingerprint density at radius 2 is 2.10 bits per heavy atom. The lowest BCUT2D eigenvalue weighted by Gasteiger charge is -2.28. The summed E-state index contributed by atoms with van der Waals surface area (Å²) in [6, 6.07) is 7.00. The first-order valence-electron chi connectivity index (χ1n) is 7.10. The van der Waals surface area contributed by atoms with Crippen LogP contribution in [0.5, 0.6) is 5.75 Å². The lowest BCUT2D eigenvalue weighted by molar-refractivity contribution is 0.120. The Morgan fingerprint density at radius 3 is 2.67 bits per heavy atom. The zero-order valence-corrected chi connectivity index (χ0v) is 12.6. The number of urea groups is 1. The molecule has 1 saturated heterocycles. The van der Waals surface area contributed by atoms with Crippen molar-refractivity contribution in [2.75, 3.05) is 39.2 Å². The Bertz CT molecular complexity index is 456.